The van der Waals surface area contributed by atoms with Crippen LogP contribution in [0.4, 0.5) is 5.69 Å². The summed E-state index contributed by atoms with van der Waals surface area (Å²) < 4.78 is 5.26. The van der Waals surface area contributed by atoms with E-state index in [9.17, 15) is 0 Å². The molecule has 0 radical (unpaired) electrons. The summed E-state index contributed by atoms with van der Waals surface area (Å²) in [6.45, 7) is 2.09. The molecule has 0 N–H and O–H groups in total. The van der Waals surface area contributed by atoms with Crippen molar-refractivity contribution in [3.63, 3.8) is 0 Å². The molecule has 0 spiro atoms. The maximum absolute atomic E-state index is 5.26. The van der Waals surface area contributed by atoms with E-state index in [1.54, 1.807) is 7.11 Å². The van der Waals surface area contributed by atoms with Gasteiger partial charge in [-0.25, -0.2) is 0 Å². The smallest absolute Gasteiger partial charge is 0.118 e. The average molecular weight is 315 g/mol. The largest absolute Gasteiger partial charge is 0.497 e. The quantitative estimate of drug-likeness (QED) is 0.580. The van der Waals surface area contributed by atoms with Gasteiger partial charge >= 0.3 is 0 Å². The molecular formula is C22H21NO. The molecule has 0 aliphatic carbocycles. The van der Waals surface area contributed by atoms with Gasteiger partial charge in [-0.1, -0.05) is 48.0 Å². The number of nitrogens with zero attached hydrogens (tertiary/aromatic N) is 1. The average Bonchev–Trinajstić information content (AvgIpc) is 2.64. The van der Waals surface area contributed by atoms with Crippen molar-refractivity contribution in [2.75, 3.05) is 7.11 Å². The Hall–Kier alpha value is -2.87. The zero-order valence-corrected chi connectivity index (χ0v) is 14.1. The second kappa shape index (κ2) is 7.60. The number of aliphatic imine (C=N–C) groups is 1. The molecule has 2 nitrogen and oxygen atoms in total. The molecule has 24 heavy (non-hydrogen) atoms. The van der Waals surface area contributed by atoms with E-state index in [1.165, 1.54) is 11.1 Å². The fourth-order valence-electron chi connectivity index (χ4n) is 2.55. The van der Waals surface area contributed by atoms with Crippen molar-refractivity contribution in [2.45, 2.75) is 13.3 Å². The van der Waals surface area contributed by atoms with Crippen LogP contribution >= 0.6 is 0 Å². The van der Waals surface area contributed by atoms with Gasteiger partial charge in [0.2, 0.25) is 0 Å². The first-order valence-corrected chi connectivity index (χ1v) is 8.07. The molecular weight excluding hydrogens is 294 g/mol. The Morgan fingerprint density at radius 3 is 2.12 bits per heavy atom. The molecule has 3 rings (SSSR count). The lowest BCUT2D eigenvalue weighted by Crippen LogP contribution is -2.05. The van der Waals surface area contributed by atoms with Crippen LogP contribution in [0.15, 0.2) is 83.9 Å². The molecule has 2 heteroatoms. The Kier molecular flexibility index (Phi) is 5.07. The van der Waals surface area contributed by atoms with Crippen molar-refractivity contribution in [3.05, 3.63) is 95.6 Å². The predicted octanol–water partition coefficient (Wildman–Crippen LogP) is 5.37. The fraction of sp³-hybridized carbons (Fsp3) is 0.136. The zero-order valence-electron chi connectivity index (χ0n) is 14.1. The van der Waals surface area contributed by atoms with Crippen molar-refractivity contribution in [1.82, 2.24) is 0 Å². The van der Waals surface area contributed by atoms with E-state index in [0.29, 0.717) is 0 Å². The molecule has 120 valence electrons. The summed E-state index contributed by atoms with van der Waals surface area (Å²) >= 11 is 0. The third kappa shape index (κ3) is 4.11. The number of benzene rings is 3. The molecule has 0 aliphatic rings. The van der Waals surface area contributed by atoms with Gasteiger partial charge in [-0.15, -0.1) is 0 Å². The molecule has 0 saturated heterocycles. The summed E-state index contributed by atoms with van der Waals surface area (Å²) in [6, 6.07) is 26.8. The summed E-state index contributed by atoms with van der Waals surface area (Å²) in [5.74, 6) is 0.855. The van der Waals surface area contributed by atoms with E-state index in [0.717, 1.165) is 29.1 Å². The van der Waals surface area contributed by atoms with Crippen LogP contribution in [0.25, 0.3) is 0 Å². The lowest BCUT2D eigenvalue weighted by Gasteiger charge is -2.09. The Balaban J connectivity index is 1.97. The van der Waals surface area contributed by atoms with E-state index in [4.69, 9.17) is 9.73 Å². The van der Waals surface area contributed by atoms with Crippen LogP contribution in [0.1, 0.15) is 16.7 Å². The highest BCUT2D eigenvalue weighted by Gasteiger charge is 2.06. The van der Waals surface area contributed by atoms with Gasteiger partial charge in [0.15, 0.2) is 0 Å². The summed E-state index contributed by atoms with van der Waals surface area (Å²) in [5, 5.41) is 0. The fourth-order valence-corrected chi connectivity index (χ4v) is 2.55. The van der Waals surface area contributed by atoms with Crippen molar-refractivity contribution >= 4 is 11.4 Å². The molecule has 0 fully saturated rings. The minimum Gasteiger partial charge on any atom is -0.497 e. The molecule has 0 heterocycles. The van der Waals surface area contributed by atoms with Gasteiger partial charge in [-0.2, -0.15) is 0 Å². The number of hydrogen-bond acceptors (Lipinski definition) is 2. The Morgan fingerprint density at radius 2 is 1.50 bits per heavy atom. The molecule has 3 aromatic carbocycles. The highest BCUT2D eigenvalue weighted by Crippen LogP contribution is 2.19. The third-order valence-electron chi connectivity index (χ3n) is 3.94. The van der Waals surface area contributed by atoms with Gasteiger partial charge in [-0.3, -0.25) is 4.99 Å². The minimum atomic E-state index is 0.793. The van der Waals surface area contributed by atoms with Crippen molar-refractivity contribution in [3.8, 4) is 5.75 Å². The number of rotatable bonds is 5. The summed E-state index contributed by atoms with van der Waals surface area (Å²) in [7, 11) is 1.68. The van der Waals surface area contributed by atoms with Crippen LogP contribution in [0.2, 0.25) is 0 Å². The molecule has 0 saturated carbocycles. The summed E-state index contributed by atoms with van der Waals surface area (Å²) in [4.78, 5) is 4.90. The van der Waals surface area contributed by atoms with Gasteiger partial charge < -0.3 is 4.74 Å². The Bertz CT molecular complexity index is 803. The second-order valence-corrected chi connectivity index (χ2v) is 5.78. The standard InChI is InChI=1S/C22H21NO/c1-17-8-12-20(13-9-17)23-22(16-18-6-4-3-5-7-18)19-10-14-21(24-2)15-11-19/h3-15H,16H2,1-2H3/b23-22+. The molecule has 3 aromatic rings. The van der Waals surface area contributed by atoms with Gasteiger partial charge in [-0.05, 0) is 54.4 Å². The maximum Gasteiger partial charge on any atom is 0.118 e. The third-order valence-corrected chi connectivity index (χ3v) is 3.94. The first kappa shape index (κ1) is 16.0. The van der Waals surface area contributed by atoms with Gasteiger partial charge in [0.25, 0.3) is 0 Å². The molecule has 0 bridgehead atoms. The van der Waals surface area contributed by atoms with Crippen molar-refractivity contribution < 1.29 is 4.74 Å². The topological polar surface area (TPSA) is 21.6 Å². The number of ether oxygens (including phenoxy) is 1. The van der Waals surface area contributed by atoms with E-state index in [1.807, 2.05) is 18.2 Å². The number of methoxy groups -OCH3 is 1. The molecule has 0 aliphatic heterocycles. The van der Waals surface area contributed by atoms with E-state index in [-0.39, 0.29) is 0 Å². The van der Waals surface area contributed by atoms with Crippen molar-refractivity contribution in [2.24, 2.45) is 4.99 Å². The highest BCUT2D eigenvalue weighted by atomic mass is 16.5. The Labute approximate surface area is 143 Å². The summed E-state index contributed by atoms with van der Waals surface area (Å²) in [6.07, 6.45) is 0.793. The van der Waals surface area contributed by atoms with Gasteiger partial charge in [0, 0.05) is 6.42 Å². The predicted molar refractivity (Wildman–Crippen MR) is 101 cm³/mol. The second-order valence-electron chi connectivity index (χ2n) is 5.78. The molecule has 0 amide bonds. The SMILES string of the molecule is COc1ccc(/C(Cc2ccccc2)=N/c2ccc(C)cc2)cc1. The van der Waals surface area contributed by atoms with Crippen LogP contribution in [0.5, 0.6) is 5.75 Å². The lowest BCUT2D eigenvalue weighted by atomic mass is 10.0. The van der Waals surface area contributed by atoms with E-state index < -0.39 is 0 Å². The number of hydrogen-bond donors (Lipinski definition) is 0. The first-order chi connectivity index (χ1) is 11.7. The van der Waals surface area contributed by atoms with E-state index in [2.05, 4.69) is 67.6 Å². The van der Waals surface area contributed by atoms with Crippen LogP contribution < -0.4 is 4.74 Å². The Morgan fingerprint density at radius 1 is 0.833 bits per heavy atom. The van der Waals surface area contributed by atoms with Gasteiger partial charge in [0.05, 0.1) is 18.5 Å². The highest BCUT2D eigenvalue weighted by molar-refractivity contribution is 6.03. The summed E-state index contributed by atoms with van der Waals surface area (Å²) in [5.41, 5.74) is 5.62. The molecule has 0 aromatic heterocycles. The number of aryl methyl sites for hydroxylation is 1. The van der Waals surface area contributed by atoms with Crippen molar-refractivity contribution in [1.29, 1.82) is 0 Å². The van der Waals surface area contributed by atoms with Gasteiger partial charge in [0.1, 0.15) is 5.75 Å². The zero-order chi connectivity index (χ0) is 16.8. The normalized spacial score (nSPS) is 11.3. The van der Waals surface area contributed by atoms with Crippen LogP contribution in [-0.4, -0.2) is 12.8 Å². The lowest BCUT2D eigenvalue weighted by molar-refractivity contribution is 0.415. The molecule has 0 unspecified atom stereocenters. The maximum atomic E-state index is 5.26. The monoisotopic (exact) mass is 315 g/mol. The minimum absolute atomic E-state index is 0.793. The first-order valence-electron chi connectivity index (χ1n) is 8.07. The van der Waals surface area contributed by atoms with E-state index >= 15 is 0 Å². The van der Waals surface area contributed by atoms with Crippen LogP contribution in [0, 0.1) is 6.92 Å². The van der Waals surface area contributed by atoms with Crippen LogP contribution in [-0.2, 0) is 6.42 Å². The van der Waals surface area contributed by atoms with Crippen LogP contribution in [0.3, 0.4) is 0 Å². The molecule has 0 atom stereocenters.